The second-order valence-electron chi connectivity index (χ2n) is 6.29. The molecule has 1 heterocycles. The maximum atomic E-state index is 12.3. The third kappa shape index (κ3) is 3.81. The molecule has 1 aromatic heterocycles. The highest BCUT2D eigenvalue weighted by Gasteiger charge is 2.07. The van der Waals surface area contributed by atoms with Crippen LogP contribution >= 0.6 is 11.6 Å². The number of carbonyl (C=O) groups excluding carboxylic acids is 1. The number of carbonyl (C=O) groups is 1. The molecule has 4 nitrogen and oxygen atoms in total. The fourth-order valence-electron chi connectivity index (χ4n) is 2.76. The van der Waals surface area contributed by atoms with E-state index in [0.29, 0.717) is 10.6 Å². The summed E-state index contributed by atoms with van der Waals surface area (Å²) in [5.41, 5.74) is 5.71. The molecule has 0 aliphatic rings. The number of hydrogen-bond donors (Lipinski definition) is 1. The molecule has 0 saturated heterocycles. The number of rotatable bonds is 3. The van der Waals surface area contributed by atoms with Crippen molar-refractivity contribution in [3.8, 4) is 11.3 Å². The van der Waals surface area contributed by atoms with Gasteiger partial charge in [0.05, 0.1) is 22.9 Å². The zero-order valence-corrected chi connectivity index (χ0v) is 15.4. The van der Waals surface area contributed by atoms with Crippen molar-refractivity contribution in [1.82, 2.24) is 9.97 Å². The average molecular weight is 374 g/mol. The molecule has 4 aromatic rings. The van der Waals surface area contributed by atoms with E-state index in [9.17, 15) is 4.79 Å². The van der Waals surface area contributed by atoms with E-state index in [1.165, 1.54) is 0 Å². The van der Waals surface area contributed by atoms with E-state index in [-0.39, 0.29) is 5.91 Å². The quantitative estimate of drug-likeness (QED) is 0.515. The Hall–Kier alpha value is -3.24. The summed E-state index contributed by atoms with van der Waals surface area (Å²) >= 11 is 5.98. The molecule has 0 bridgehead atoms. The van der Waals surface area contributed by atoms with Gasteiger partial charge in [0.15, 0.2) is 0 Å². The van der Waals surface area contributed by atoms with Crippen LogP contribution in [0.2, 0.25) is 5.02 Å². The number of anilines is 1. The lowest BCUT2D eigenvalue weighted by molar-refractivity contribution is 0.102. The Bertz CT molecular complexity index is 1120. The van der Waals surface area contributed by atoms with Crippen LogP contribution in [0.3, 0.4) is 0 Å². The van der Waals surface area contributed by atoms with Crippen molar-refractivity contribution in [3.05, 3.63) is 89.1 Å². The first-order valence-corrected chi connectivity index (χ1v) is 8.87. The molecule has 0 atom stereocenters. The number of aromatic nitrogens is 2. The summed E-state index contributed by atoms with van der Waals surface area (Å²) in [4.78, 5) is 21.4. The van der Waals surface area contributed by atoms with Crippen LogP contribution in [0.5, 0.6) is 0 Å². The molecule has 0 fully saturated rings. The van der Waals surface area contributed by atoms with Gasteiger partial charge in [-0.3, -0.25) is 9.78 Å². The minimum atomic E-state index is -0.134. The van der Waals surface area contributed by atoms with Crippen molar-refractivity contribution in [1.29, 1.82) is 0 Å². The number of halogens is 1. The SMILES string of the molecule is Cc1ccc(C(=O)Nc2ccc(-c3cnc4cc(Cl)ccc4n3)cc2)cc1. The topological polar surface area (TPSA) is 54.9 Å². The van der Waals surface area contributed by atoms with Crippen molar-refractivity contribution in [2.45, 2.75) is 6.92 Å². The molecule has 1 amide bonds. The van der Waals surface area contributed by atoms with E-state index in [2.05, 4.69) is 15.3 Å². The first kappa shape index (κ1) is 17.2. The smallest absolute Gasteiger partial charge is 0.255 e. The van der Waals surface area contributed by atoms with E-state index in [4.69, 9.17) is 11.6 Å². The average Bonchev–Trinajstić information content (AvgIpc) is 2.68. The Morgan fingerprint density at radius 3 is 2.41 bits per heavy atom. The summed E-state index contributed by atoms with van der Waals surface area (Å²) in [6.07, 6.45) is 1.72. The minimum absolute atomic E-state index is 0.134. The summed E-state index contributed by atoms with van der Waals surface area (Å²) in [6, 6.07) is 20.4. The predicted octanol–water partition coefficient (Wildman–Crippen LogP) is 5.51. The highest BCUT2D eigenvalue weighted by Crippen LogP contribution is 2.23. The third-order valence-corrected chi connectivity index (χ3v) is 4.49. The van der Waals surface area contributed by atoms with Gasteiger partial charge in [0, 0.05) is 21.8 Å². The van der Waals surface area contributed by atoms with Crippen LogP contribution in [0.4, 0.5) is 5.69 Å². The number of fused-ring (bicyclic) bond motifs is 1. The lowest BCUT2D eigenvalue weighted by Crippen LogP contribution is -2.11. The van der Waals surface area contributed by atoms with E-state index in [1.807, 2.05) is 61.5 Å². The largest absolute Gasteiger partial charge is 0.322 e. The molecule has 0 aliphatic carbocycles. The Labute approximate surface area is 161 Å². The van der Waals surface area contributed by atoms with Gasteiger partial charge in [-0.2, -0.15) is 0 Å². The van der Waals surface area contributed by atoms with Crippen LogP contribution in [0.15, 0.2) is 72.9 Å². The van der Waals surface area contributed by atoms with E-state index in [1.54, 1.807) is 18.3 Å². The monoisotopic (exact) mass is 373 g/mol. The first-order valence-electron chi connectivity index (χ1n) is 8.49. The number of nitrogens with one attached hydrogen (secondary N) is 1. The molecule has 0 unspecified atom stereocenters. The lowest BCUT2D eigenvalue weighted by atomic mass is 10.1. The molecule has 5 heteroatoms. The molecule has 132 valence electrons. The van der Waals surface area contributed by atoms with Gasteiger partial charge in [-0.1, -0.05) is 41.4 Å². The summed E-state index contributed by atoms with van der Waals surface area (Å²) in [6.45, 7) is 1.99. The summed E-state index contributed by atoms with van der Waals surface area (Å²) in [5, 5.41) is 3.54. The second kappa shape index (κ2) is 7.17. The lowest BCUT2D eigenvalue weighted by Gasteiger charge is -2.07. The molecular formula is C22H16ClN3O. The molecule has 0 radical (unpaired) electrons. The number of amides is 1. The zero-order chi connectivity index (χ0) is 18.8. The summed E-state index contributed by atoms with van der Waals surface area (Å²) < 4.78 is 0. The molecule has 4 rings (SSSR count). The predicted molar refractivity (Wildman–Crippen MR) is 109 cm³/mol. The van der Waals surface area contributed by atoms with Gasteiger partial charge >= 0.3 is 0 Å². The van der Waals surface area contributed by atoms with Gasteiger partial charge < -0.3 is 5.32 Å². The van der Waals surface area contributed by atoms with Crippen molar-refractivity contribution in [2.24, 2.45) is 0 Å². The fraction of sp³-hybridized carbons (Fsp3) is 0.0455. The van der Waals surface area contributed by atoms with Crippen LogP contribution in [0, 0.1) is 6.92 Å². The summed E-state index contributed by atoms with van der Waals surface area (Å²) in [5.74, 6) is -0.134. The van der Waals surface area contributed by atoms with Crippen LogP contribution in [0.25, 0.3) is 22.3 Å². The fourth-order valence-corrected chi connectivity index (χ4v) is 2.92. The third-order valence-electron chi connectivity index (χ3n) is 4.26. The maximum Gasteiger partial charge on any atom is 0.255 e. The number of nitrogens with zero attached hydrogens (tertiary/aromatic N) is 2. The first-order chi connectivity index (χ1) is 13.1. The zero-order valence-electron chi connectivity index (χ0n) is 14.6. The molecule has 0 saturated carbocycles. The Kier molecular flexibility index (Phi) is 4.57. The van der Waals surface area contributed by atoms with E-state index >= 15 is 0 Å². The van der Waals surface area contributed by atoms with Gasteiger partial charge in [0.1, 0.15) is 0 Å². The number of benzene rings is 3. The molecule has 0 aliphatic heterocycles. The Morgan fingerprint density at radius 1 is 0.926 bits per heavy atom. The molecular weight excluding hydrogens is 358 g/mol. The Balaban J connectivity index is 1.54. The number of aryl methyl sites for hydroxylation is 1. The van der Waals surface area contributed by atoms with Crippen LogP contribution < -0.4 is 5.32 Å². The van der Waals surface area contributed by atoms with Gasteiger partial charge in [-0.25, -0.2) is 4.98 Å². The van der Waals surface area contributed by atoms with Crippen molar-refractivity contribution in [3.63, 3.8) is 0 Å². The van der Waals surface area contributed by atoms with Crippen molar-refractivity contribution in [2.75, 3.05) is 5.32 Å². The minimum Gasteiger partial charge on any atom is -0.322 e. The van der Waals surface area contributed by atoms with Crippen LogP contribution in [-0.4, -0.2) is 15.9 Å². The molecule has 0 spiro atoms. The standard InChI is InChI=1S/C22H16ClN3O/c1-14-2-4-16(5-3-14)22(27)25-18-9-6-15(7-10-18)21-13-24-20-12-17(23)8-11-19(20)26-21/h2-13H,1H3,(H,25,27). The van der Waals surface area contributed by atoms with Crippen LogP contribution in [0.1, 0.15) is 15.9 Å². The van der Waals surface area contributed by atoms with E-state index < -0.39 is 0 Å². The van der Waals surface area contributed by atoms with Gasteiger partial charge in [0.2, 0.25) is 0 Å². The highest BCUT2D eigenvalue weighted by molar-refractivity contribution is 6.31. The second-order valence-corrected chi connectivity index (χ2v) is 6.72. The van der Waals surface area contributed by atoms with Gasteiger partial charge in [-0.15, -0.1) is 0 Å². The highest BCUT2D eigenvalue weighted by atomic mass is 35.5. The molecule has 27 heavy (non-hydrogen) atoms. The van der Waals surface area contributed by atoms with Crippen molar-refractivity contribution >= 4 is 34.2 Å². The Morgan fingerprint density at radius 2 is 1.67 bits per heavy atom. The maximum absolute atomic E-state index is 12.3. The number of hydrogen-bond acceptors (Lipinski definition) is 3. The van der Waals surface area contributed by atoms with E-state index in [0.717, 1.165) is 33.5 Å². The van der Waals surface area contributed by atoms with Gasteiger partial charge in [0.25, 0.3) is 5.91 Å². The van der Waals surface area contributed by atoms with Gasteiger partial charge in [-0.05, 0) is 49.4 Å². The van der Waals surface area contributed by atoms with Crippen LogP contribution in [-0.2, 0) is 0 Å². The summed E-state index contributed by atoms with van der Waals surface area (Å²) in [7, 11) is 0. The molecule has 3 aromatic carbocycles. The normalized spacial score (nSPS) is 10.7. The van der Waals surface area contributed by atoms with Crippen molar-refractivity contribution < 1.29 is 4.79 Å². The molecule has 1 N–H and O–H groups in total.